The van der Waals surface area contributed by atoms with Gasteiger partial charge in [-0.25, -0.2) is 13.8 Å². The molecule has 0 fully saturated rings. The van der Waals surface area contributed by atoms with Gasteiger partial charge in [0.25, 0.3) is 0 Å². The van der Waals surface area contributed by atoms with Crippen molar-refractivity contribution in [2.75, 3.05) is 18.1 Å². The fraction of sp³-hybridized carbons (Fsp3) is 0.333. The fourth-order valence-electron chi connectivity index (χ4n) is 4.26. The van der Waals surface area contributed by atoms with Crippen molar-refractivity contribution >= 4 is 22.4 Å². The van der Waals surface area contributed by atoms with Crippen LogP contribution in [0.2, 0.25) is 0 Å². The minimum absolute atomic E-state index is 0.141. The second-order valence-electron chi connectivity index (χ2n) is 10.2. The predicted octanol–water partition coefficient (Wildman–Crippen LogP) is 7.87. The Balaban J connectivity index is 1.36. The van der Waals surface area contributed by atoms with Crippen LogP contribution in [0.25, 0.3) is 0 Å². The second kappa shape index (κ2) is 14.7. The Hall–Kier alpha value is -3.78. The van der Waals surface area contributed by atoms with Crippen LogP contribution in [0.4, 0.5) is 13.9 Å². The predicted molar refractivity (Wildman–Crippen MR) is 159 cm³/mol. The molecule has 4 rings (SSSR count). The highest BCUT2D eigenvalue weighted by atomic mass is 32.1. The van der Waals surface area contributed by atoms with Gasteiger partial charge in [-0.2, -0.15) is 0 Å². The van der Waals surface area contributed by atoms with E-state index in [9.17, 15) is 13.6 Å². The van der Waals surface area contributed by atoms with E-state index in [0.717, 1.165) is 40.5 Å². The summed E-state index contributed by atoms with van der Waals surface area (Å²) in [4.78, 5) is 18.7. The molecule has 5 nitrogen and oxygen atoms in total. The van der Waals surface area contributed by atoms with Crippen molar-refractivity contribution in [3.8, 4) is 5.75 Å². The molecule has 0 bridgehead atoms. The van der Waals surface area contributed by atoms with Gasteiger partial charge < -0.3 is 14.4 Å². The summed E-state index contributed by atoms with van der Waals surface area (Å²) >= 11 is 1.64. The van der Waals surface area contributed by atoms with Crippen LogP contribution in [-0.2, 0) is 35.5 Å². The number of halogens is 2. The number of aromatic nitrogens is 1. The third-order valence-corrected chi connectivity index (χ3v) is 7.61. The van der Waals surface area contributed by atoms with Gasteiger partial charge in [-0.3, -0.25) is 4.79 Å². The van der Waals surface area contributed by atoms with E-state index in [1.54, 1.807) is 30.4 Å². The Morgan fingerprint density at radius 2 is 1.66 bits per heavy atom. The van der Waals surface area contributed by atoms with Crippen molar-refractivity contribution in [1.82, 2.24) is 4.98 Å². The first-order chi connectivity index (χ1) is 19.8. The van der Waals surface area contributed by atoms with Crippen LogP contribution in [-0.4, -0.2) is 24.1 Å². The third kappa shape index (κ3) is 9.11. The van der Waals surface area contributed by atoms with E-state index in [1.165, 1.54) is 18.2 Å². The van der Waals surface area contributed by atoms with E-state index in [4.69, 9.17) is 14.5 Å². The number of aryl methyl sites for hydroxylation is 1. The molecule has 1 heterocycles. The maximum Gasteiger partial charge on any atom is 0.306 e. The maximum absolute atomic E-state index is 14.5. The van der Waals surface area contributed by atoms with Gasteiger partial charge in [0.2, 0.25) is 0 Å². The number of anilines is 1. The number of hydrogen-bond donors (Lipinski definition) is 0. The van der Waals surface area contributed by atoms with Crippen LogP contribution in [0.1, 0.15) is 61.1 Å². The molecule has 0 radical (unpaired) electrons. The van der Waals surface area contributed by atoms with E-state index in [2.05, 4.69) is 36.3 Å². The molecule has 0 aliphatic rings. The van der Waals surface area contributed by atoms with Gasteiger partial charge in [-0.1, -0.05) is 56.3 Å². The van der Waals surface area contributed by atoms with E-state index in [-0.39, 0.29) is 24.6 Å². The minimum Gasteiger partial charge on any atom is -0.489 e. The zero-order valence-corrected chi connectivity index (χ0v) is 24.6. The summed E-state index contributed by atoms with van der Waals surface area (Å²) in [5, 5.41) is 3.08. The summed E-state index contributed by atoms with van der Waals surface area (Å²) in [5.74, 6) is -0.177. The molecule has 3 aromatic carbocycles. The van der Waals surface area contributed by atoms with Crippen molar-refractivity contribution in [2.24, 2.45) is 0 Å². The molecular weight excluding hydrogens is 542 g/mol. The number of carbonyl (C=O) groups excluding carboxylic acids is 1. The Labute approximate surface area is 244 Å². The van der Waals surface area contributed by atoms with Crippen molar-refractivity contribution in [3.05, 3.63) is 112 Å². The molecule has 0 atom stereocenters. The lowest BCUT2D eigenvalue weighted by Gasteiger charge is -2.22. The summed E-state index contributed by atoms with van der Waals surface area (Å²) in [6, 6.07) is 19.5. The SMILES string of the molecule is CCOC(=O)CCc1ccc(OCc2ccc(CN(CCc3ccc(F)cc3)c3nc(C(C)C)cs3)cc2)cc1F. The molecule has 41 heavy (non-hydrogen) atoms. The normalized spacial score (nSPS) is 11.1. The number of benzene rings is 3. The van der Waals surface area contributed by atoms with Gasteiger partial charge in [-0.15, -0.1) is 11.3 Å². The maximum atomic E-state index is 14.5. The molecule has 0 spiro atoms. The number of nitrogens with zero attached hydrogens (tertiary/aromatic N) is 2. The molecule has 0 aliphatic carbocycles. The highest BCUT2D eigenvalue weighted by molar-refractivity contribution is 7.13. The monoisotopic (exact) mass is 578 g/mol. The van der Waals surface area contributed by atoms with E-state index in [1.807, 2.05) is 24.3 Å². The Kier molecular flexibility index (Phi) is 10.8. The van der Waals surface area contributed by atoms with Crippen LogP contribution in [0, 0.1) is 11.6 Å². The highest BCUT2D eigenvalue weighted by Crippen LogP contribution is 2.27. The summed E-state index contributed by atoms with van der Waals surface area (Å²) in [6.07, 6.45) is 1.20. The van der Waals surface area contributed by atoms with Gasteiger partial charge in [0, 0.05) is 31.0 Å². The zero-order valence-electron chi connectivity index (χ0n) is 23.7. The molecule has 4 aromatic rings. The lowest BCUT2D eigenvalue weighted by molar-refractivity contribution is -0.143. The number of esters is 1. The summed E-state index contributed by atoms with van der Waals surface area (Å²) in [7, 11) is 0. The van der Waals surface area contributed by atoms with Gasteiger partial charge >= 0.3 is 5.97 Å². The number of hydrogen-bond acceptors (Lipinski definition) is 6. The number of carbonyl (C=O) groups is 1. The Bertz CT molecular complexity index is 1410. The molecule has 0 unspecified atom stereocenters. The molecule has 0 amide bonds. The molecule has 0 saturated heterocycles. The second-order valence-corrected chi connectivity index (χ2v) is 11.0. The van der Waals surface area contributed by atoms with E-state index >= 15 is 0 Å². The molecule has 0 saturated carbocycles. The minimum atomic E-state index is -0.398. The first-order valence-corrected chi connectivity index (χ1v) is 14.8. The summed E-state index contributed by atoms with van der Waals surface area (Å²) in [5.41, 5.74) is 4.71. The van der Waals surface area contributed by atoms with E-state index < -0.39 is 5.82 Å². The molecule has 1 aromatic heterocycles. The lowest BCUT2D eigenvalue weighted by atomic mass is 10.1. The number of ether oxygens (including phenoxy) is 2. The Morgan fingerprint density at radius 1 is 0.951 bits per heavy atom. The summed E-state index contributed by atoms with van der Waals surface area (Å²) in [6.45, 7) is 8.08. The van der Waals surface area contributed by atoms with Crippen LogP contribution in [0.15, 0.2) is 72.1 Å². The summed E-state index contributed by atoms with van der Waals surface area (Å²) < 4.78 is 38.6. The molecule has 8 heteroatoms. The first kappa shape index (κ1) is 30.2. The lowest BCUT2D eigenvalue weighted by Crippen LogP contribution is -2.25. The highest BCUT2D eigenvalue weighted by Gasteiger charge is 2.14. The molecular formula is C33H36F2N2O3S. The van der Waals surface area contributed by atoms with Gasteiger partial charge in [-0.05, 0) is 66.1 Å². The van der Waals surface area contributed by atoms with E-state index in [0.29, 0.717) is 37.0 Å². The van der Waals surface area contributed by atoms with Gasteiger partial charge in [0.1, 0.15) is 24.0 Å². The standard InChI is InChI=1S/C33H36F2N2O3S/c1-4-39-32(38)16-12-27-11-15-29(19-30(27)35)40-21-26-7-5-25(6-8-26)20-37(33-36-31(22-41-33)23(2)3)18-17-24-9-13-28(34)14-10-24/h5-11,13-15,19,22-23H,4,12,16-18,20-21H2,1-3H3. The van der Waals surface area contributed by atoms with Crippen molar-refractivity contribution in [1.29, 1.82) is 0 Å². The molecule has 216 valence electrons. The quantitative estimate of drug-likeness (QED) is 0.143. The number of thiazole rings is 1. The first-order valence-electron chi connectivity index (χ1n) is 13.9. The number of rotatable bonds is 14. The van der Waals surface area contributed by atoms with Crippen molar-refractivity contribution in [3.63, 3.8) is 0 Å². The van der Waals surface area contributed by atoms with Crippen LogP contribution >= 0.6 is 11.3 Å². The van der Waals surface area contributed by atoms with Crippen LogP contribution in [0.5, 0.6) is 5.75 Å². The molecule has 0 aliphatic heterocycles. The van der Waals surface area contributed by atoms with Gasteiger partial charge in [0.05, 0.1) is 12.3 Å². The van der Waals surface area contributed by atoms with Crippen molar-refractivity contribution < 1.29 is 23.0 Å². The zero-order chi connectivity index (χ0) is 29.2. The average Bonchev–Trinajstić information content (AvgIpc) is 3.46. The molecule has 0 N–H and O–H groups in total. The Morgan fingerprint density at radius 3 is 2.32 bits per heavy atom. The third-order valence-electron chi connectivity index (χ3n) is 6.69. The fourth-order valence-corrected chi connectivity index (χ4v) is 5.28. The van der Waals surface area contributed by atoms with Crippen LogP contribution in [0.3, 0.4) is 0 Å². The largest absolute Gasteiger partial charge is 0.489 e. The topological polar surface area (TPSA) is 51.7 Å². The van der Waals surface area contributed by atoms with Gasteiger partial charge in [0.15, 0.2) is 5.13 Å². The smallest absolute Gasteiger partial charge is 0.306 e. The average molecular weight is 579 g/mol. The van der Waals surface area contributed by atoms with Crippen molar-refractivity contribution in [2.45, 2.75) is 59.1 Å². The van der Waals surface area contributed by atoms with Crippen LogP contribution < -0.4 is 9.64 Å².